The maximum atomic E-state index is 5.13. The summed E-state index contributed by atoms with van der Waals surface area (Å²) in [5, 5.41) is 0. The first kappa shape index (κ1) is 7.03. The maximum absolute atomic E-state index is 5.13. The van der Waals surface area contributed by atoms with Gasteiger partial charge in [0.25, 0.3) is 0 Å². The number of ether oxygens (including phenoxy) is 1. The average Bonchev–Trinajstić information content (AvgIpc) is 1.90. The summed E-state index contributed by atoms with van der Waals surface area (Å²) < 4.78 is 4.84. The van der Waals surface area contributed by atoms with Crippen molar-refractivity contribution in [2.24, 2.45) is 0 Å². The lowest BCUT2D eigenvalue weighted by atomic mass is 10.1. The van der Waals surface area contributed by atoms with Crippen LogP contribution in [-0.4, -0.2) is 11.6 Å². The van der Waals surface area contributed by atoms with Crippen LogP contribution < -0.4 is 0 Å². The molecule has 1 aliphatic rings. The Hall–Kier alpha value is -0.0800. The van der Waals surface area contributed by atoms with E-state index in [0.29, 0.717) is 0 Å². The average molecular weight is 188 g/mol. The van der Waals surface area contributed by atoms with Gasteiger partial charge in [0.05, 0.1) is 0 Å². The fraction of sp³-hybridized carbons (Fsp3) is 0.429. The minimum Gasteiger partial charge on any atom is -0.363 e. The molecule has 0 heterocycles. The van der Waals surface area contributed by atoms with E-state index in [1.807, 2.05) is 18.2 Å². The van der Waals surface area contributed by atoms with Crippen molar-refractivity contribution >= 4 is 15.9 Å². The molecule has 0 amide bonds. The van der Waals surface area contributed by atoms with E-state index in [4.69, 9.17) is 4.74 Å². The lowest BCUT2D eigenvalue weighted by Crippen LogP contribution is -2.20. The predicted molar refractivity (Wildman–Crippen MR) is 40.2 cm³/mol. The van der Waals surface area contributed by atoms with E-state index in [-0.39, 0.29) is 4.51 Å². The zero-order valence-electron chi connectivity index (χ0n) is 5.23. The van der Waals surface area contributed by atoms with Gasteiger partial charge >= 0.3 is 0 Å². The molecule has 0 aromatic carbocycles. The Bertz CT molecular complexity index is 151. The van der Waals surface area contributed by atoms with E-state index in [0.717, 1.165) is 6.42 Å². The quantitative estimate of drug-likeness (QED) is 0.572. The highest BCUT2D eigenvalue weighted by Crippen LogP contribution is 2.27. The number of allylic oxidation sites excluding steroid dienone is 2. The molecular formula is C7H8BrO. The van der Waals surface area contributed by atoms with Crippen LogP contribution in [0, 0.1) is 6.08 Å². The second-order valence-electron chi connectivity index (χ2n) is 1.90. The van der Waals surface area contributed by atoms with Crippen molar-refractivity contribution < 1.29 is 4.74 Å². The normalized spacial score (nSPS) is 33.1. The molecule has 49 valence electrons. The van der Waals surface area contributed by atoms with Gasteiger partial charge in [-0.1, -0.05) is 12.2 Å². The van der Waals surface area contributed by atoms with Crippen LogP contribution in [0.5, 0.6) is 0 Å². The molecule has 1 aliphatic carbocycles. The molecule has 2 heteroatoms. The summed E-state index contributed by atoms with van der Waals surface area (Å²) in [5.74, 6) is 0. The van der Waals surface area contributed by atoms with Crippen LogP contribution in [0.15, 0.2) is 18.2 Å². The van der Waals surface area contributed by atoms with Gasteiger partial charge in [-0.2, -0.15) is 0 Å². The summed E-state index contributed by atoms with van der Waals surface area (Å²) >= 11 is 3.40. The zero-order valence-corrected chi connectivity index (χ0v) is 6.81. The Morgan fingerprint density at radius 2 is 2.56 bits per heavy atom. The minimum atomic E-state index is -0.290. The standard InChI is InChI=1S/C7H8BrO/c1-9-7(8)5-3-2-4-6-7/h2-3,5H,6H2,1H3. The number of alkyl halides is 1. The zero-order chi connectivity index (χ0) is 6.74. The number of hydrogen-bond donors (Lipinski definition) is 0. The van der Waals surface area contributed by atoms with Crippen LogP contribution in [-0.2, 0) is 4.74 Å². The molecule has 0 N–H and O–H groups in total. The van der Waals surface area contributed by atoms with Crippen molar-refractivity contribution in [3.63, 3.8) is 0 Å². The monoisotopic (exact) mass is 187 g/mol. The van der Waals surface area contributed by atoms with Crippen molar-refractivity contribution in [1.29, 1.82) is 0 Å². The molecule has 1 nitrogen and oxygen atoms in total. The third kappa shape index (κ3) is 1.66. The Labute approximate surface area is 63.5 Å². The van der Waals surface area contributed by atoms with Crippen molar-refractivity contribution in [3.05, 3.63) is 24.3 Å². The fourth-order valence-electron chi connectivity index (χ4n) is 0.657. The van der Waals surface area contributed by atoms with Gasteiger partial charge in [-0.05, 0) is 28.1 Å². The maximum Gasteiger partial charge on any atom is 0.145 e. The predicted octanol–water partition coefficient (Wildman–Crippen LogP) is 2.04. The molecule has 1 atom stereocenters. The molecule has 0 spiro atoms. The van der Waals surface area contributed by atoms with Gasteiger partial charge in [0.15, 0.2) is 0 Å². The fourth-order valence-corrected chi connectivity index (χ4v) is 0.972. The summed E-state index contributed by atoms with van der Waals surface area (Å²) in [6, 6.07) is 0. The van der Waals surface area contributed by atoms with E-state index in [1.54, 1.807) is 7.11 Å². The van der Waals surface area contributed by atoms with Gasteiger partial charge < -0.3 is 4.74 Å². The van der Waals surface area contributed by atoms with Crippen molar-refractivity contribution in [2.45, 2.75) is 10.9 Å². The second-order valence-corrected chi connectivity index (χ2v) is 3.24. The van der Waals surface area contributed by atoms with Crippen LogP contribution in [0.1, 0.15) is 6.42 Å². The van der Waals surface area contributed by atoms with E-state index >= 15 is 0 Å². The molecule has 0 fully saturated rings. The Kier molecular flexibility index (Phi) is 2.09. The summed E-state index contributed by atoms with van der Waals surface area (Å²) in [6.07, 6.45) is 9.59. The first-order valence-electron chi connectivity index (χ1n) is 2.75. The van der Waals surface area contributed by atoms with Crippen LogP contribution in [0.25, 0.3) is 0 Å². The first-order valence-corrected chi connectivity index (χ1v) is 3.55. The molecule has 1 rings (SSSR count). The van der Waals surface area contributed by atoms with Gasteiger partial charge in [0.1, 0.15) is 4.51 Å². The number of rotatable bonds is 1. The Morgan fingerprint density at radius 1 is 1.78 bits per heavy atom. The van der Waals surface area contributed by atoms with Crippen molar-refractivity contribution in [2.75, 3.05) is 7.11 Å². The molecule has 0 saturated carbocycles. The van der Waals surface area contributed by atoms with Crippen molar-refractivity contribution in [3.8, 4) is 0 Å². The third-order valence-corrected chi connectivity index (χ3v) is 2.11. The smallest absolute Gasteiger partial charge is 0.145 e. The molecule has 9 heavy (non-hydrogen) atoms. The van der Waals surface area contributed by atoms with E-state index < -0.39 is 0 Å². The van der Waals surface area contributed by atoms with Gasteiger partial charge in [-0.25, -0.2) is 0 Å². The molecule has 0 bridgehead atoms. The first-order chi connectivity index (χ1) is 4.27. The lowest BCUT2D eigenvalue weighted by molar-refractivity contribution is 0.118. The lowest BCUT2D eigenvalue weighted by Gasteiger charge is -2.21. The van der Waals surface area contributed by atoms with E-state index in [1.165, 1.54) is 0 Å². The molecule has 1 unspecified atom stereocenters. The minimum absolute atomic E-state index is 0.290. The molecule has 0 aromatic heterocycles. The van der Waals surface area contributed by atoms with Crippen molar-refractivity contribution in [1.82, 2.24) is 0 Å². The Morgan fingerprint density at radius 3 is 2.89 bits per heavy atom. The van der Waals surface area contributed by atoms with Crippen LogP contribution in [0.3, 0.4) is 0 Å². The highest BCUT2D eigenvalue weighted by molar-refractivity contribution is 9.10. The molecular weight excluding hydrogens is 180 g/mol. The number of methoxy groups -OCH3 is 1. The Balaban J connectivity index is 2.63. The molecule has 0 aliphatic heterocycles. The molecule has 0 aromatic rings. The van der Waals surface area contributed by atoms with Gasteiger partial charge in [-0.15, -0.1) is 0 Å². The largest absolute Gasteiger partial charge is 0.363 e. The summed E-state index contributed by atoms with van der Waals surface area (Å²) in [6.45, 7) is 0. The van der Waals surface area contributed by atoms with E-state index in [9.17, 15) is 0 Å². The summed E-state index contributed by atoms with van der Waals surface area (Å²) in [7, 11) is 1.67. The van der Waals surface area contributed by atoms with Crippen LogP contribution in [0.4, 0.5) is 0 Å². The van der Waals surface area contributed by atoms with Crippen LogP contribution >= 0.6 is 15.9 Å². The SMILES string of the molecule is COC1(Br)C=CC=[C]C1. The summed E-state index contributed by atoms with van der Waals surface area (Å²) in [4.78, 5) is 0. The molecule has 0 saturated heterocycles. The highest BCUT2D eigenvalue weighted by atomic mass is 79.9. The van der Waals surface area contributed by atoms with Gasteiger partial charge in [0.2, 0.25) is 0 Å². The van der Waals surface area contributed by atoms with Crippen LogP contribution in [0.2, 0.25) is 0 Å². The number of halogens is 1. The highest BCUT2D eigenvalue weighted by Gasteiger charge is 2.21. The van der Waals surface area contributed by atoms with Gasteiger partial charge in [0, 0.05) is 13.5 Å². The topological polar surface area (TPSA) is 9.23 Å². The second kappa shape index (κ2) is 2.67. The molecule has 1 radical (unpaired) electrons. The number of hydrogen-bond acceptors (Lipinski definition) is 1. The van der Waals surface area contributed by atoms with E-state index in [2.05, 4.69) is 22.0 Å². The van der Waals surface area contributed by atoms with Gasteiger partial charge in [-0.3, -0.25) is 0 Å². The summed E-state index contributed by atoms with van der Waals surface area (Å²) in [5.41, 5.74) is 0. The third-order valence-electron chi connectivity index (χ3n) is 1.24.